The van der Waals surface area contributed by atoms with E-state index in [0.717, 1.165) is 39.3 Å². The topological polar surface area (TPSA) is 105 Å². The normalized spacial score (nSPS) is 11.1. The zero-order chi connectivity index (χ0) is 26.3. The maximum atomic E-state index is 6.21. The lowest BCUT2D eigenvalue weighted by Crippen LogP contribution is -2.12. The Morgan fingerprint density at radius 3 is 2.42 bits per heavy atom. The Balaban J connectivity index is 0.000000830. The molecule has 0 saturated heterocycles. The van der Waals surface area contributed by atoms with Crippen LogP contribution in [0.25, 0.3) is 17.7 Å². The van der Waals surface area contributed by atoms with Gasteiger partial charge in [-0.2, -0.15) is 0 Å². The second kappa shape index (κ2) is 15.1. The van der Waals surface area contributed by atoms with Crippen molar-refractivity contribution in [3.63, 3.8) is 0 Å². The highest BCUT2D eigenvalue weighted by molar-refractivity contribution is 5.97. The molecule has 0 unspecified atom stereocenters. The number of benzene rings is 2. The van der Waals surface area contributed by atoms with Crippen molar-refractivity contribution >= 4 is 23.6 Å². The molecule has 0 saturated carbocycles. The standard InChI is InChI=1S/C26H27N3O2.C3H9NO/c1-18(2)23-14-15-29-24(13-10-19-8-11-21(12-9-19)26(27)28-3)25(23)31-17-20-6-5-7-22(16-20)30-4;1-5-3-2-4/h5-16H,1,17H2,2-4H3,(H2,27,28);2-4H2,1H3/b13-10+;. The molecule has 0 bridgehead atoms. The minimum atomic E-state index is 0.397. The number of allylic oxidation sites excluding steroid dienone is 1. The highest BCUT2D eigenvalue weighted by Crippen LogP contribution is 2.30. The molecule has 0 spiro atoms. The molecular formula is C29H36N4O3. The van der Waals surface area contributed by atoms with Crippen molar-refractivity contribution < 1.29 is 14.2 Å². The molecule has 190 valence electrons. The van der Waals surface area contributed by atoms with Gasteiger partial charge in [-0.05, 0) is 47.9 Å². The average Bonchev–Trinajstić information content (AvgIpc) is 2.91. The first kappa shape index (κ1) is 28.3. The highest BCUT2D eigenvalue weighted by atomic mass is 16.5. The van der Waals surface area contributed by atoms with Crippen LogP contribution >= 0.6 is 0 Å². The van der Waals surface area contributed by atoms with E-state index in [-0.39, 0.29) is 0 Å². The molecule has 36 heavy (non-hydrogen) atoms. The van der Waals surface area contributed by atoms with Crippen LogP contribution in [0.2, 0.25) is 0 Å². The molecule has 0 aliphatic rings. The molecule has 7 heteroatoms. The lowest BCUT2D eigenvalue weighted by Gasteiger charge is -2.14. The van der Waals surface area contributed by atoms with Gasteiger partial charge in [-0.1, -0.05) is 49.1 Å². The zero-order valence-electron chi connectivity index (χ0n) is 21.5. The maximum Gasteiger partial charge on any atom is 0.152 e. The summed E-state index contributed by atoms with van der Waals surface area (Å²) in [5.74, 6) is 2.01. The third-order valence-electron chi connectivity index (χ3n) is 5.11. The first-order valence-corrected chi connectivity index (χ1v) is 11.5. The quantitative estimate of drug-likeness (QED) is 0.314. The van der Waals surface area contributed by atoms with Crippen LogP contribution in [0.5, 0.6) is 11.5 Å². The summed E-state index contributed by atoms with van der Waals surface area (Å²) in [6, 6.07) is 17.6. The molecule has 0 fully saturated rings. The number of ether oxygens (including phenoxy) is 3. The molecular weight excluding hydrogens is 452 g/mol. The molecule has 0 atom stereocenters. The largest absolute Gasteiger partial charge is 0.497 e. The summed E-state index contributed by atoms with van der Waals surface area (Å²) in [6.45, 7) is 7.73. The van der Waals surface area contributed by atoms with E-state index in [1.165, 1.54) is 0 Å². The van der Waals surface area contributed by atoms with Gasteiger partial charge in [0.25, 0.3) is 0 Å². The zero-order valence-corrected chi connectivity index (χ0v) is 21.5. The monoisotopic (exact) mass is 488 g/mol. The van der Waals surface area contributed by atoms with Gasteiger partial charge in [0.1, 0.15) is 23.9 Å². The van der Waals surface area contributed by atoms with Gasteiger partial charge in [-0.15, -0.1) is 0 Å². The molecule has 0 aliphatic heterocycles. The molecule has 3 rings (SSSR count). The minimum Gasteiger partial charge on any atom is -0.497 e. The Morgan fingerprint density at radius 1 is 1.08 bits per heavy atom. The molecule has 1 aromatic heterocycles. The van der Waals surface area contributed by atoms with E-state index in [0.29, 0.717) is 31.3 Å². The Kier molecular flexibility index (Phi) is 11.9. The Hall–Kier alpha value is -3.94. The van der Waals surface area contributed by atoms with Gasteiger partial charge in [0.05, 0.1) is 13.7 Å². The van der Waals surface area contributed by atoms with E-state index >= 15 is 0 Å². The molecule has 0 radical (unpaired) electrons. The van der Waals surface area contributed by atoms with Gasteiger partial charge < -0.3 is 25.7 Å². The summed E-state index contributed by atoms with van der Waals surface area (Å²) < 4.78 is 16.1. The second-order valence-corrected chi connectivity index (χ2v) is 7.84. The van der Waals surface area contributed by atoms with Crippen LogP contribution in [-0.4, -0.2) is 45.2 Å². The number of rotatable bonds is 10. The van der Waals surface area contributed by atoms with E-state index in [2.05, 4.69) is 21.3 Å². The first-order valence-electron chi connectivity index (χ1n) is 11.5. The van der Waals surface area contributed by atoms with Crippen molar-refractivity contribution in [3.8, 4) is 11.5 Å². The van der Waals surface area contributed by atoms with Crippen LogP contribution < -0.4 is 20.9 Å². The smallest absolute Gasteiger partial charge is 0.152 e. The number of hydrogen-bond donors (Lipinski definition) is 2. The lowest BCUT2D eigenvalue weighted by atomic mass is 10.1. The van der Waals surface area contributed by atoms with Crippen LogP contribution in [-0.2, 0) is 11.3 Å². The van der Waals surface area contributed by atoms with Crippen LogP contribution in [0, 0.1) is 0 Å². The second-order valence-electron chi connectivity index (χ2n) is 7.84. The molecule has 1 heterocycles. The number of aliphatic imine (C=N–C) groups is 1. The number of nitrogens with two attached hydrogens (primary N) is 2. The van der Waals surface area contributed by atoms with Crippen LogP contribution in [0.3, 0.4) is 0 Å². The van der Waals surface area contributed by atoms with Gasteiger partial charge in [0.15, 0.2) is 5.75 Å². The minimum absolute atomic E-state index is 0.397. The average molecular weight is 489 g/mol. The van der Waals surface area contributed by atoms with Crippen LogP contribution in [0.15, 0.2) is 72.4 Å². The van der Waals surface area contributed by atoms with Gasteiger partial charge in [0, 0.05) is 38.0 Å². The summed E-state index contributed by atoms with van der Waals surface area (Å²) in [6.07, 6.45) is 5.70. The predicted octanol–water partition coefficient (Wildman–Crippen LogP) is 4.80. The molecule has 3 aromatic rings. The Bertz CT molecular complexity index is 1170. The summed E-state index contributed by atoms with van der Waals surface area (Å²) in [5, 5.41) is 0. The van der Waals surface area contributed by atoms with E-state index < -0.39 is 0 Å². The number of methoxy groups -OCH3 is 2. The van der Waals surface area contributed by atoms with E-state index in [4.69, 9.17) is 20.9 Å². The third kappa shape index (κ3) is 8.69. The van der Waals surface area contributed by atoms with E-state index in [1.807, 2.05) is 73.7 Å². The first-order chi connectivity index (χ1) is 17.4. The fraction of sp³-hybridized carbons (Fsp3) is 0.241. The van der Waals surface area contributed by atoms with Gasteiger partial charge in [0.2, 0.25) is 0 Å². The van der Waals surface area contributed by atoms with Gasteiger partial charge in [-0.25, -0.2) is 0 Å². The van der Waals surface area contributed by atoms with Crippen molar-refractivity contribution in [1.29, 1.82) is 0 Å². The predicted molar refractivity (Wildman–Crippen MR) is 149 cm³/mol. The number of nitrogens with zero attached hydrogens (tertiary/aromatic N) is 2. The van der Waals surface area contributed by atoms with Gasteiger partial charge in [-0.3, -0.25) is 9.98 Å². The summed E-state index contributed by atoms with van der Waals surface area (Å²) >= 11 is 0. The highest BCUT2D eigenvalue weighted by Gasteiger charge is 2.11. The van der Waals surface area contributed by atoms with Crippen LogP contribution in [0.4, 0.5) is 0 Å². The summed E-state index contributed by atoms with van der Waals surface area (Å²) in [4.78, 5) is 8.53. The maximum absolute atomic E-state index is 6.21. The lowest BCUT2D eigenvalue weighted by molar-refractivity contribution is 0.207. The number of pyridine rings is 1. The number of hydrogen-bond acceptors (Lipinski definition) is 6. The SMILES string of the molecule is C=C(C)c1ccnc(/C=C/c2ccc(C(N)=NC)cc2)c1OCc1cccc(OC)c1.COCCN. The summed E-state index contributed by atoms with van der Waals surface area (Å²) in [5.41, 5.74) is 16.4. The van der Waals surface area contributed by atoms with Crippen molar-refractivity contribution in [2.24, 2.45) is 16.5 Å². The fourth-order valence-electron chi connectivity index (χ4n) is 3.18. The molecule has 4 N–H and O–H groups in total. The van der Waals surface area contributed by atoms with E-state index in [9.17, 15) is 0 Å². The van der Waals surface area contributed by atoms with Gasteiger partial charge >= 0.3 is 0 Å². The Morgan fingerprint density at radius 2 is 1.83 bits per heavy atom. The van der Waals surface area contributed by atoms with Crippen molar-refractivity contribution in [1.82, 2.24) is 4.98 Å². The molecule has 0 aliphatic carbocycles. The number of amidine groups is 1. The van der Waals surface area contributed by atoms with Crippen molar-refractivity contribution in [2.45, 2.75) is 13.5 Å². The van der Waals surface area contributed by atoms with Crippen molar-refractivity contribution in [3.05, 3.63) is 95.3 Å². The fourth-order valence-corrected chi connectivity index (χ4v) is 3.18. The van der Waals surface area contributed by atoms with Crippen LogP contribution in [0.1, 0.15) is 34.9 Å². The molecule has 2 aromatic carbocycles. The third-order valence-corrected chi connectivity index (χ3v) is 5.11. The molecule has 7 nitrogen and oxygen atoms in total. The van der Waals surface area contributed by atoms with Crippen molar-refractivity contribution in [2.75, 3.05) is 34.4 Å². The van der Waals surface area contributed by atoms with E-state index in [1.54, 1.807) is 27.5 Å². The molecule has 0 amide bonds. The summed E-state index contributed by atoms with van der Waals surface area (Å²) in [7, 11) is 4.96. The number of aromatic nitrogens is 1. The Labute approximate surface area is 214 Å².